The van der Waals surface area contributed by atoms with Crippen molar-refractivity contribution in [3.63, 3.8) is 0 Å². The molecule has 0 radical (unpaired) electrons. The molecule has 0 saturated heterocycles. The van der Waals surface area contributed by atoms with Crippen molar-refractivity contribution in [3.05, 3.63) is 6.92 Å². The third kappa shape index (κ3) is 189. The Kier molecular flexibility index (Phi) is 1400. The van der Waals surface area contributed by atoms with Gasteiger partial charge in [-0.1, -0.05) is 0 Å². The van der Waals surface area contributed by atoms with E-state index in [9.17, 15) is 0 Å². The van der Waals surface area contributed by atoms with Gasteiger partial charge in [0, 0.05) is 0 Å². The first-order valence-electron chi connectivity index (χ1n) is 0.943. The van der Waals surface area contributed by atoms with E-state index in [0.717, 1.165) is 0 Å². The largest absolute Gasteiger partial charge is 2.00 e. The smallest absolute Gasteiger partial charge is 0.545 e. The molecule has 0 atom stereocenters. The first-order valence-corrected chi connectivity index (χ1v) is 0.943. The summed E-state index contributed by atoms with van der Waals surface area (Å²) in [6.07, 6.45) is 0. The van der Waals surface area contributed by atoms with Crippen molar-refractivity contribution in [1.29, 1.82) is 0 Å². The van der Waals surface area contributed by atoms with Gasteiger partial charge in [-0.3, -0.25) is 6.79 Å². The van der Waals surface area contributed by atoms with Crippen LogP contribution < -0.4 is 0 Å². The Balaban J connectivity index is -0.0000000133. The van der Waals surface area contributed by atoms with Crippen molar-refractivity contribution >= 4 is 6.79 Å². The zero-order valence-corrected chi connectivity index (χ0v) is 6.03. The first kappa shape index (κ1) is 18.3. The Morgan fingerprint density at radius 2 is 1.40 bits per heavy atom. The van der Waals surface area contributed by atoms with Crippen LogP contribution in [0.15, 0.2) is 0 Å². The second kappa shape index (κ2) is 383. The average Bonchev–Trinajstić information content (AvgIpc) is 1.50. The molecule has 30 valence electrons. The predicted octanol–water partition coefficient (Wildman–Crippen LogP) is 0.564. The van der Waals surface area contributed by atoms with E-state index in [2.05, 4.69) is 13.7 Å². The summed E-state index contributed by atoms with van der Waals surface area (Å²) in [4.78, 5) is 7.75. The third-order valence-corrected chi connectivity index (χ3v) is 0. The molecular weight excluding hydrogens is 236 g/mol. The molecule has 0 aliphatic rings. The van der Waals surface area contributed by atoms with Crippen molar-refractivity contribution in [2.24, 2.45) is 0 Å². The van der Waals surface area contributed by atoms with E-state index in [1.165, 1.54) is 0 Å². The molecule has 0 bridgehead atoms. The molecule has 0 saturated carbocycles. The van der Waals surface area contributed by atoms with Gasteiger partial charge in [-0.05, 0) is 0 Å². The minimum Gasteiger partial charge on any atom is -0.545 e. The zero-order valence-electron chi connectivity index (χ0n) is 3.10. The Labute approximate surface area is 47.0 Å². The van der Waals surface area contributed by atoms with Crippen LogP contribution in [0.5, 0.6) is 0 Å². The molecular formula is C3H6OW. The maximum Gasteiger partial charge on any atom is 2.00 e. The minimum absolute atomic E-state index is 0. The first-order chi connectivity index (χ1) is 2.00. The van der Waals surface area contributed by atoms with Crippen LogP contribution in [0.3, 0.4) is 0 Å². The van der Waals surface area contributed by atoms with Crippen molar-refractivity contribution in [3.8, 4) is 0 Å². The maximum absolute atomic E-state index is 7.75. The maximum atomic E-state index is 7.75. The number of rotatable bonds is 0. The van der Waals surface area contributed by atoms with E-state index in [1.54, 1.807) is 6.92 Å². The molecule has 0 amide bonds. The Morgan fingerprint density at radius 1 is 1.40 bits per heavy atom. The van der Waals surface area contributed by atoms with Crippen molar-refractivity contribution in [2.45, 2.75) is 6.92 Å². The van der Waals surface area contributed by atoms with Gasteiger partial charge >= 0.3 is 21.1 Å². The van der Waals surface area contributed by atoms with Gasteiger partial charge < -0.3 is 11.7 Å². The summed E-state index contributed by atoms with van der Waals surface area (Å²) >= 11 is 0. The third-order valence-electron chi connectivity index (χ3n) is 0. The van der Waals surface area contributed by atoms with E-state index < -0.39 is 0 Å². The van der Waals surface area contributed by atoms with Crippen LogP contribution in [0.4, 0.5) is 0 Å². The van der Waals surface area contributed by atoms with E-state index in [0.29, 0.717) is 0 Å². The van der Waals surface area contributed by atoms with E-state index in [1.807, 2.05) is 0 Å². The van der Waals surface area contributed by atoms with Gasteiger partial charge in [0.25, 0.3) is 0 Å². The summed E-state index contributed by atoms with van der Waals surface area (Å²) in [5, 5.41) is 0. The molecule has 0 heterocycles. The van der Waals surface area contributed by atoms with E-state index in [-0.39, 0.29) is 21.1 Å². The summed E-state index contributed by atoms with van der Waals surface area (Å²) in [5.74, 6) is 0. The predicted molar refractivity (Wildman–Crippen MR) is 17.8 cm³/mol. The molecule has 0 aliphatic heterocycles. The van der Waals surface area contributed by atoms with Crippen LogP contribution in [0.1, 0.15) is 6.92 Å². The van der Waals surface area contributed by atoms with Gasteiger partial charge in [-0.25, -0.2) is 0 Å². The molecule has 2 heteroatoms. The van der Waals surface area contributed by atoms with Crippen LogP contribution in [0.25, 0.3) is 0 Å². The summed E-state index contributed by atoms with van der Waals surface area (Å²) < 4.78 is 0. The van der Waals surface area contributed by atoms with Crippen LogP contribution in [-0.4, -0.2) is 6.79 Å². The fraction of sp³-hybridized carbons (Fsp3) is 0.333. The summed E-state index contributed by atoms with van der Waals surface area (Å²) in [6.45, 7) is 8.25. The second-order valence-electron chi connectivity index (χ2n) is 0. The van der Waals surface area contributed by atoms with Gasteiger partial charge in [0.1, 0.15) is 0 Å². The monoisotopic (exact) mass is 242 g/mol. The quantitative estimate of drug-likeness (QED) is 0.448. The van der Waals surface area contributed by atoms with Gasteiger partial charge in [0.05, 0.1) is 0 Å². The van der Waals surface area contributed by atoms with Crippen LogP contribution in [-0.2, 0) is 25.9 Å². The fourth-order valence-corrected chi connectivity index (χ4v) is 0. The zero-order chi connectivity index (χ0) is 4.00. The summed E-state index contributed by atoms with van der Waals surface area (Å²) in [7, 11) is 0. The minimum atomic E-state index is 0. The van der Waals surface area contributed by atoms with Gasteiger partial charge in [-0.15, -0.1) is 0 Å². The van der Waals surface area contributed by atoms with Crippen molar-refractivity contribution < 1.29 is 25.9 Å². The molecule has 0 aliphatic carbocycles. The second-order valence-corrected chi connectivity index (χ2v) is 0. The molecule has 0 rings (SSSR count). The Bertz CT molecular complexity index is 6.85. The van der Waals surface area contributed by atoms with Gasteiger partial charge in [0.2, 0.25) is 0 Å². The molecule has 0 fully saturated rings. The van der Waals surface area contributed by atoms with E-state index in [4.69, 9.17) is 4.79 Å². The molecule has 0 unspecified atom stereocenters. The van der Waals surface area contributed by atoms with Crippen LogP contribution in [0.2, 0.25) is 0 Å². The van der Waals surface area contributed by atoms with Crippen LogP contribution in [0, 0.1) is 6.92 Å². The Hall–Kier alpha value is 0.358. The molecule has 1 nitrogen and oxygen atoms in total. The normalized spacial score (nSPS) is 2.00. The van der Waals surface area contributed by atoms with Gasteiger partial charge in [0.15, 0.2) is 0 Å². The average molecular weight is 242 g/mol. The molecule has 0 aromatic heterocycles. The van der Waals surface area contributed by atoms with Crippen LogP contribution >= 0.6 is 0 Å². The molecule has 0 aromatic carbocycles. The molecule has 0 spiro atoms. The SMILES string of the molecule is [CH-]=O.[CH2-]C.[W+2]. The van der Waals surface area contributed by atoms with Crippen molar-refractivity contribution in [1.82, 2.24) is 0 Å². The number of hydrogen-bond donors (Lipinski definition) is 0. The van der Waals surface area contributed by atoms with Crippen molar-refractivity contribution in [2.75, 3.05) is 0 Å². The van der Waals surface area contributed by atoms with E-state index >= 15 is 0 Å². The summed E-state index contributed by atoms with van der Waals surface area (Å²) in [6, 6.07) is 0. The molecule has 0 N–H and O–H groups in total. The fourth-order valence-electron chi connectivity index (χ4n) is 0. The van der Waals surface area contributed by atoms with Gasteiger partial charge in [-0.2, -0.15) is 6.92 Å². The molecule has 5 heavy (non-hydrogen) atoms. The standard InChI is InChI=1S/C2H5.CHO.W/c2*1-2;/h1H2,2H3;1H;/q2*-1;+2. The summed E-state index contributed by atoms with van der Waals surface area (Å²) in [5.41, 5.74) is 0. The number of hydrogen-bond acceptors (Lipinski definition) is 1. The Morgan fingerprint density at radius 3 is 1.40 bits per heavy atom. The topological polar surface area (TPSA) is 17.1 Å². The number of carbonyl (C=O) groups excluding carboxylic acids is 1. The molecule has 0 aromatic rings.